The molecule has 0 aromatic heterocycles. The van der Waals surface area contributed by atoms with E-state index in [1.54, 1.807) is 6.92 Å². The van der Waals surface area contributed by atoms with Crippen LogP contribution in [0.25, 0.3) is 0 Å². The number of hydrogen-bond donors (Lipinski definition) is 0. The van der Waals surface area contributed by atoms with Gasteiger partial charge in [0, 0.05) is 4.47 Å². The Labute approximate surface area is 106 Å². The molecule has 0 amide bonds. The second-order valence-electron chi connectivity index (χ2n) is 3.09. The van der Waals surface area contributed by atoms with E-state index in [2.05, 4.69) is 31.9 Å². The van der Waals surface area contributed by atoms with Crippen molar-refractivity contribution in [1.82, 2.24) is 0 Å². The molecule has 2 nitrogen and oxygen atoms in total. The highest BCUT2D eigenvalue weighted by Gasteiger charge is 2.15. The summed E-state index contributed by atoms with van der Waals surface area (Å²) in [5.41, 5.74) is 0.922. The number of alkyl halides is 1. The van der Waals surface area contributed by atoms with Crippen molar-refractivity contribution in [1.29, 1.82) is 0 Å². The third kappa shape index (κ3) is 3.31. The molecule has 0 bridgehead atoms. The molecule has 0 heterocycles. The summed E-state index contributed by atoms with van der Waals surface area (Å²) < 4.78 is 6.23. The van der Waals surface area contributed by atoms with E-state index in [4.69, 9.17) is 4.74 Å². The number of hydrogen-bond acceptors (Lipinski definition) is 2. The molecular formula is C11H12Br2O2. The van der Waals surface area contributed by atoms with E-state index >= 15 is 0 Å². The van der Waals surface area contributed by atoms with Gasteiger partial charge in [0.15, 0.2) is 0 Å². The number of ketones is 1. The zero-order chi connectivity index (χ0) is 11.4. The Kier molecular flexibility index (Phi) is 4.80. The van der Waals surface area contributed by atoms with Crippen molar-refractivity contribution in [2.45, 2.75) is 18.7 Å². The van der Waals surface area contributed by atoms with E-state index in [1.807, 2.05) is 25.1 Å². The number of carbonyl (C=O) groups is 1. The largest absolute Gasteiger partial charge is 0.494 e. The fourth-order valence-electron chi connectivity index (χ4n) is 1.19. The van der Waals surface area contributed by atoms with Gasteiger partial charge in [-0.1, -0.05) is 37.9 Å². The first-order valence-corrected chi connectivity index (χ1v) is 6.34. The predicted molar refractivity (Wildman–Crippen MR) is 67.7 cm³/mol. The molecule has 0 saturated heterocycles. The van der Waals surface area contributed by atoms with Gasteiger partial charge in [-0.25, -0.2) is 0 Å². The SMILES string of the molecule is CCOc1ccc(C(Br)C(C)=O)c(Br)c1. The molecule has 1 rings (SSSR count). The van der Waals surface area contributed by atoms with Gasteiger partial charge in [0.2, 0.25) is 0 Å². The minimum Gasteiger partial charge on any atom is -0.494 e. The molecule has 1 unspecified atom stereocenters. The maximum Gasteiger partial charge on any atom is 0.147 e. The van der Waals surface area contributed by atoms with Gasteiger partial charge >= 0.3 is 0 Å². The first-order chi connectivity index (χ1) is 7.06. The third-order valence-electron chi connectivity index (χ3n) is 1.91. The summed E-state index contributed by atoms with van der Waals surface area (Å²) in [5.74, 6) is 0.885. The second-order valence-corrected chi connectivity index (χ2v) is 4.86. The second kappa shape index (κ2) is 5.66. The van der Waals surface area contributed by atoms with Gasteiger partial charge in [-0.05, 0) is 31.5 Å². The molecule has 0 aliphatic rings. The topological polar surface area (TPSA) is 26.3 Å². The average Bonchev–Trinajstić information content (AvgIpc) is 2.17. The molecule has 0 aliphatic carbocycles. The van der Waals surface area contributed by atoms with E-state index in [0.29, 0.717) is 6.61 Å². The van der Waals surface area contributed by atoms with Crippen LogP contribution in [0.5, 0.6) is 5.75 Å². The van der Waals surface area contributed by atoms with Gasteiger partial charge in [0.1, 0.15) is 11.5 Å². The standard InChI is InChI=1S/C11H12Br2O2/c1-3-15-8-4-5-9(10(12)6-8)11(13)7(2)14/h4-6,11H,3H2,1-2H3. The van der Waals surface area contributed by atoms with Crippen molar-refractivity contribution in [3.63, 3.8) is 0 Å². The van der Waals surface area contributed by atoms with Crippen molar-refractivity contribution in [3.8, 4) is 5.75 Å². The summed E-state index contributed by atoms with van der Waals surface area (Å²) in [5, 5.41) is 0. The highest BCUT2D eigenvalue weighted by atomic mass is 79.9. The molecule has 82 valence electrons. The molecule has 0 fully saturated rings. The molecule has 0 radical (unpaired) electrons. The Hall–Kier alpha value is -0.350. The highest BCUT2D eigenvalue weighted by Crippen LogP contribution is 2.32. The molecule has 0 N–H and O–H groups in total. The minimum atomic E-state index is -0.262. The summed E-state index contributed by atoms with van der Waals surface area (Å²) in [4.78, 5) is 10.9. The van der Waals surface area contributed by atoms with Crippen LogP contribution >= 0.6 is 31.9 Å². The zero-order valence-electron chi connectivity index (χ0n) is 8.59. The summed E-state index contributed by atoms with van der Waals surface area (Å²) in [6.45, 7) is 4.13. The average molecular weight is 336 g/mol. The van der Waals surface area contributed by atoms with E-state index in [9.17, 15) is 4.79 Å². The lowest BCUT2D eigenvalue weighted by Crippen LogP contribution is -2.02. The van der Waals surface area contributed by atoms with Gasteiger partial charge in [0.05, 0.1) is 11.4 Å². The fourth-order valence-corrected chi connectivity index (χ4v) is 2.48. The lowest BCUT2D eigenvalue weighted by Gasteiger charge is -2.10. The Morgan fingerprint density at radius 3 is 2.67 bits per heavy atom. The van der Waals surface area contributed by atoms with Crippen LogP contribution in [0.4, 0.5) is 0 Å². The maximum atomic E-state index is 11.2. The Morgan fingerprint density at radius 1 is 1.53 bits per heavy atom. The molecule has 1 aromatic carbocycles. The minimum absolute atomic E-state index is 0.0832. The molecule has 15 heavy (non-hydrogen) atoms. The van der Waals surface area contributed by atoms with Gasteiger partial charge in [-0.2, -0.15) is 0 Å². The summed E-state index contributed by atoms with van der Waals surface area (Å²) >= 11 is 6.77. The van der Waals surface area contributed by atoms with Crippen LogP contribution in [0, 0.1) is 0 Å². The summed E-state index contributed by atoms with van der Waals surface area (Å²) in [6, 6.07) is 5.62. The first-order valence-electron chi connectivity index (χ1n) is 4.63. The van der Waals surface area contributed by atoms with Gasteiger partial charge in [-0.15, -0.1) is 0 Å². The fraction of sp³-hybridized carbons (Fsp3) is 0.364. The number of ether oxygens (including phenoxy) is 1. The van der Waals surface area contributed by atoms with Crippen molar-refractivity contribution < 1.29 is 9.53 Å². The highest BCUT2D eigenvalue weighted by molar-refractivity contribution is 9.11. The monoisotopic (exact) mass is 334 g/mol. The van der Waals surface area contributed by atoms with Crippen LogP contribution in [-0.2, 0) is 4.79 Å². The van der Waals surface area contributed by atoms with E-state index in [1.165, 1.54) is 0 Å². The van der Waals surface area contributed by atoms with Crippen LogP contribution in [-0.4, -0.2) is 12.4 Å². The predicted octanol–water partition coefficient (Wildman–Crippen LogP) is 3.87. The van der Waals surface area contributed by atoms with Crippen molar-refractivity contribution in [2.75, 3.05) is 6.61 Å². The van der Waals surface area contributed by atoms with E-state index < -0.39 is 0 Å². The van der Waals surface area contributed by atoms with Crippen molar-refractivity contribution in [3.05, 3.63) is 28.2 Å². The van der Waals surface area contributed by atoms with Gasteiger partial charge in [-0.3, -0.25) is 4.79 Å². The van der Waals surface area contributed by atoms with Gasteiger partial charge in [0.25, 0.3) is 0 Å². The maximum absolute atomic E-state index is 11.2. The normalized spacial score (nSPS) is 12.3. The van der Waals surface area contributed by atoms with E-state index in [0.717, 1.165) is 15.8 Å². The number of halogens is 2. The van der Waals surface area contributed by atoms with Crippen LogP contribution in [0.1, 0.15) is 24.2 Å². The molecule has 0 aliphatic heterocycles. The smallest absolute Gasteiger partial charge is 0.147 e. The van der Waals surface area contributed by atoms with E-state index in [-0.39, 0.29) is 10.6 Å². The Morgan fingerprint density at radius 2 is 2.20 bits per heavy atom. The Balaban J connectivity index is 2.97. The summed E-state index contributed by atoms with van der Waals surface area (Å²) in [7, 11) is 0. The quantitative estimate of drug-likeness (QED) is 0.781. The van der Waals surface area contributed by atoms with Crippen LogP contribution < -0.4 is 4.74 Å². The molecule has 0 saturated carbocycles. The molecule has 1 aromatic rings. The molecular weight excluding hydrogens is 324 g/mol. The molecule has 0 spiro atoms. The van der Waals surface area contributed by atoms with Gasteiger partial charge < -0.3 is 4.74 Å². The zero-order valence-corrected chi connectivity index (χ0v) is 11.8. The first kappa shape index (κ1) is 12.7. The van der Waals surface area contributed by atoms with Crippen molar-refractivity contribution >= 4 is 37.6 Å². The summed E-state index contributed by atoms with van der Waals surface area (Å²) in [6.07, 6.45) is 0. The number of carbonyl (C=O) groups excluding carboxylic acids is 1. The third-order valence-corrected chi connectivity index (χ3v) is 3.74. The lowest BCUT2D eigenvalue weighted by molar-refractivity contribution is -0.116. The number of benzene rings is 1. The number of rotatable bonds is 4. The van der Waals surface area contributed by atoms with Crippen LogP contribution in [0.2, 0.25) is 0 Å². The molecule has 1 atom stereocenters. The van der Waals surface area contributed by atoms with Crippen LogP contribution in [0.3, 0.4) is 0 Å². The van der Waals surface area contributed by atoms with Crippen molar-refractivity contribution in [2.24, 2.45) is 0 Å². The Bertz CT molecular complexity index is 364. The molecule has 4 heteroatoms. The van der Waals surface area contributed by atoms with Crippen LogP contribution in [0.15, 0.2) is 22.7 Å². The lowest BCUT2D eigenvalue weighted by atomic mass is 10.1. The number of Topliss-reactive ketones (excluding diaryl/α,β-unsaturated/α-hetero) is 1.